The molecule has 0 saturated carbocycles. The zero-order valence-electron chi connectivity index (χ0n) is 12.3. The molecule has 5 nitrogen and oxygen atoms in total. The summed E-state index contributed by atoms with van der Waals surface area (Å²) in [6, 6.07) is 2.74. The second-order valence-electron chi connectivity index (χ2n) is 4.92. The Balaban J connectivity index is 1.79. The van der Waals surface area contributed by atoms with Crippen molar-refractivity contribution in [2.24, 2.45) is 0 Å². The summed E-state index contributed by atoms with van der Waals surface area (Å²) < 4.78 is 43.9. The standard InChI is InChI=1S/C14H9Cl2F3N4OS/c15-9-4-10(20)23-13(22-9)25-2-1-6-3-7-8(14(17,18)19)5-24-11(7)12(16)21-6/h3-5H,1-2H2,(H2,20,22,23). The van der Waals surface area contributed by atoms with Gasteiger partial charge in [-0.1, -0.05) is 35.0 Å². The maximum absolute atomic E-state index is 13.0. The van der Waals surface area contributed by atoms with Gasteiger partial charge in [-0.2, -0.15) is 13.2 Å². The maximum Gasteiger partial charge on any atom is 0.420 e. The van der Waals surface area contributed by atoms with E-state index in [0.717, 1.165) is 0 Å². The monoisotopic (exact) mass is 408 g/mol. The fourth-order valence-electron chi connectivity index (χ4n) is 2.12. The van der Waals surface area contributed by atoms with Gasteiger partial charge in [-0.05, 0) is 12.5 Å². The lowest BCUT2D eigenvalue weighted by atomic mass is 10.1. The Bertz CT molecular complexity index is 912. The molecule has 0 unspecified atom stereocenters. The molecule has 0 bridgehead atoms. The lowest BCUT2D eigenvalue weighted by molar-refractivity contribution is -0.136. The van der Waals surface area contributed by atoms with E-state index in [1.807, 2.05) is 0 Å². The van der Waals surface area contributed by atoms with E-state index in [9.17, 15) is 13.2 Å². The molecule has 0 aliphatic heterocycles. The summed E-state index contributed by atoms with van der Waals surface area (Å²) in [5.74, 6) is 0.687. The SMILES string of the molecule is Nc1cc(Cl)nc(SCCc2cc3c(C(F)(F)F)coc3c(Cl)n2)n1. The van der Waals surface area contributed by atoms with E-state index < -0.39 is 11.7 Å². The third-order valence-electron chi connectivity index (χ3n) is 3.16. The van der Waals surface area contributed by atoms with Crippen LogP contribution in [0.3, 0.4) is 0 Å². The van der Waals surface area contributed by atoms with E-state index in [4.69, 9.17) is 33.4 Å². The quantitative estimate of drug-likeness (QED) is 0.287. The molecule has 0 aliphatic rings. The number of rotatable bonds is 4. The van der Waals surface area contributed by atoms with Crippen LogP contribution in [0.15, 0.2) is 28.0 Å². The molecule has 25 heavy (non-hydrogen) atoms. The number of hydrogen-bond acceptors (Lipinski definition) is 6. The van der Waals surface area contributed by atoms with Gasteiger partial charge in [0.15, 0.2) is 15.9 Å². The highest BCUT2D eigenvalue weighted by atomic mass is 35.5. The van der Waals surface area contributed by atoms with E-state index in [2.05, 4.69) is 15.0 Å². The number of anilines is 1. The number of alkyl halides is 3. The molecular formula is C14H9Cl2F3N4OS. The van der Waals surface area contributed by atoms with Crippen molar-refractivity contribution < 1.29 is 17.6 Å². The van der Waals surface area contributed by atoms with Crippen LogP contribution in [-0.4, -0.2) is 20.7 Å². The van der Waals surface area contributed by atoms with Gasteiger partial charge < -0.3 is 10.2 Å². The number of thioether (sulfide) groups is 1. The highest BCUT2D eigenvalue weighted by Crippen LogP contribution is 2.38. The fourth-order valence-corrected chi connectivity index (χ4v) is 3.44. The molecule has 3 heterocycles. The highest BCUT2D eigenvalue weighted by Gasteiger charge is 2.35. The molecule has 0 atom stereocenters. The number of nitrogen functional groups attached to an aromatic ring is 1. The summed E-state index contributed by atoms with van der Waals surface area (Å²) in [6.45, 7) is 0. The van der Waals surface area contributed by atoms with Gasteiger partial charge in [-0.3, -0.25) is 0 Å². The second kappa shape index (κ2) is 6.89. The van der Waals surface area contributed by atoms with Gasteiger partial charge in [0.2, 0.25) is 0 Å². The van der Waals surface area contributed by atoms with Crippen molar-refractivity contribution in [3.63, 3.8) is 0 Å². The zero-order chi connectivity index (χ0) is 18.2. The highest BCUT2D eigenvalue weighted by molar-refractivity contribution is 7.99. The van der Waals surface area contributed by atoms with Crippen molar-refractivity contribution in [3.8, 4) is 0 Å². The number of nitrogens with two attached hydrogens (primary N) is 1. The largest absolute Gasteiger partial charge is 0.460 e. The van der Waals surface area contributed by atoms with E-state index in [-0.39, 0.29) is 27.1 Å². The van der Waals surface area contributed by atoms with Gasteiger partial charge in [0.05, 0.1) is 0 Å². The summed E-state index contributed by atoms with van der Waals surface area (Å²) in [4.78, 5) is 12.1. The first-order valence-corrected chi connectivity index (χ1v) is 8.55. The first-order valence-electron chi connectivity index (χ1n) is 6.80. The van der Waals surface area contributed by atoms with Gasteiger partial charge in [-0.25, -0.2) is 15.0 Å². The number of nitrogens with zero attached hydrogens (tertiary/aromatic N) is 3. The Hall–Kier alpha value is -1.71. The first-order chi connectivity index (χ1) is 11.7. The minimum Gasteiger partial charge on any atom is -0.460 e. The Morgan fingerprint density at radius 3 is 2.60 bits per heavy atom. The number of halogens is 5. The van der Waals surface area contributed by atoms with Crippen LogP contribution in [0, 0.1) is 0 Å². The summed E-state index contributed by atoms with van der Waals surface area (Å²) in [5.41, 5.74) is 5.00. The number of furan rings is 1. The van der Waals surface area contributed by atoms with Crippen molar-refractivity contribution in [2.45, 2.75) is 17.8 Å². The maximum atomic E-state index is 13.0. The molecule has 132 valence electrons. The number of aryl methyl sites for hydroxylation is 1. The van der Waals surface area contributed by atoms with Gasteiger partial charge in [0.25, 0.3) is 0 Å². The topological polar surface area (TPSA) is 77.8 Å². The van der Waals surface area contributed by atoms with Crippen LogP contribution in [0.25, 0.3) is 11.0 Å². The second-order valence-corrected chi connectivity index (χ2v) is 6.73. The lowest BCUT2D eigenvalue weighted by Gasteiger charge is -2.05. The predicted molar refractivity (Wildman–Crippen MR) is 89.9 cm³/mol. The third kappa shape index (κ3) is 4.10. The average molecular weight is 409 g/mol. The Labute approximate surface area is 153 Å². The van der Waals surface area contributed by atoms with E-state index >= 15 is 0 Å². The summed E-state index contributed by atoms with van der Waals surface area (Å²) in [6.07, 6.45) is -3.55. The molecule has 3 aromatic rings. The summed E-state index contributed by atoms with van der Waals surface area (Å²) in [5, 5.41) is 0.356. The van der Waals surface area contributed by atoms with E-state index in [1.54, 1.807) is 0 Å². The molecule has 3 aromatic heterocycles. The number of aromatic nitrogens is 3. The Kier molecular flexibility index (Phi) is 4.99. The van der Waals surface area contributed by atoms with Crippen molar-refractivity contribution in [1.82, 2.24) is 15.0 Å². The summed E-state index contributed by atoms with van der Waals surface area (Å²) in [7, 11) is 0. The van der Waals surface area contributed by atoms with Gasteiger partial charge >= 0.3 is 6.18 Å². The van der Waals surface area contributed by atoms with Crippen LogP contribution in [0.2, 0.25) is 10.3 Å². The predicted octanol–water partition coefficient (Wildman–Crippen LogP) is 4.86. The minimum atomic E-state index is -4.53. The molecule has 3 rings (SSSR count). The normalized spacial score (nSPS) is 12.0. The van der Waals surface area contributed by atoms with Crippen LogP contribution < -0.4 is 5.73 Å². The third-order valence-corrected chi connectivity index (χ3v) is 4.46. The van der Waals surface area contributed by atoms with Crippen LogP contribution in [0.1, 0.15) is 11.3 Å². The Morgan fingerprint density at radius 1 is 1.16 bits per heavy atom. The van der Waals surface area contributed by atoms with E-state index in [1.165, 1.54) is 23.9 Å². The minimum absolute atomic E-state index is 0.0867. The van der Waals surface area contributed by atoms with Crippen LogP contribution in [0.4, 0.5) is 19.0 Å². The Morgan fingerprint density at radius 2 is 1.92 bits per heavy atom. The zero-order valence-corrected chi connectivity index (χ0v) is 14.6. The molecular weight excluding hydrogens is 400 g/mol. The molecule has 0 amide bonds. The molecule has 0 saturated heterocycles. The average Bonchev–Trinajstić information content (AvgIpc) is 2.90. The number of hydrogen-bond donors (Lipinski definition) is 1. The van der Waals surface area contributed by atoms with Crippen molar-refractivity contribution >= 4 is 51.8 Å². The van der Waals surface area contributed by atoms with Crippen LogP contribution >= 0.6 is 35.0 Å². The molecule has 0 radical (unpaired) electrons. The molecule has 2 N–H and O–H groups in total. The number of fused-ring (bicyclic) bond motifs is 1. The molecule has 0 fully saturated rings. The van der Waals surface area contributed by atoms with Crippen molar-refractivity contribution in [2.75, 3.05) is 11.5 Å². The molecule has 0 spiro atoms. The molecule has 0 aromatic carbocycles. The first kappa shape index (κ1) is 18.1. The van der Waals surface area contributed by atoms with Crippen LogP contribution in [0.5, 0.6) is 0 Å². The smallest absolute Gasteiger partial charge is 0.420 e. The van der Waals surface area contributed by atoms with E-state index in [0.29, 0.717) is 29.3 Å². The van der Waals surface area contributed by atoms with Crippen LogP contribution in [-0.2, 0) is 12.6 Å². The lowest BCUT2D eigenvalue weighted by Crippen LogP contribution is -2.04. The van der Waals surface area contributed by atoms with Gasteiger partial charge in [0, 0.05) is 22.9 Å². The van der Waals surface area contributed by atoms with Crippen molar-refractivity contribution in [1.29, 1.82) is 0 Å². The van der Waals surface area contributed by atoms with Gasteiger partial charge in [0.1, 0.15) is 22.8 Å². The summed E-state index contributed by atoms with van der Waals surface area (Å²) >= 11 is 13.0. The van der Waals surface area contributed by atoms with Crippen molar-refractivity contribution in [3.05, 3.63) is 40.0 Å². The van der Waals surface area contributed by atoms with Gasteiger partial charge in [-0.15, -0.1) is 0 Å². The fraction of sp³-hybridized carbons (Fsp3) is 0.214. The molecule has 11 heteroatoms. The number of pyridine rings is 1. The molecule has 0 aliphatic carbocycles.